The van der Waals surface area contributed by atoms with E-state index in [0.717, 1.165) is 11.2 Å². The van der Waals surface area contributed by atoms with Crippen molar-refractivity contribution in [2.24, 2.45) is 0 Å². The lowest BCUT2D eigenvalue weighted by molar-refractivity contribution is 0.332. The van der Waals surface area contributed by atoms with Crippen LogP contribution in [0.15, 0.2) is 101 Å². The first-order valence-electron chi connectivity index (χ1n) is 24.1. The quantitative estimate of drug-likeness (QED) is 0.161. The van der Waals surface area contributed by atoms with Gasteiger partial charge in [-0.1, -0.05) is 137 Å². The van der Waals surface area contributed by atoms with Gasteiger partial charge >= 0.3 is 0 Å². The van der Waals surface area contributed by atoms with Gasteiger partial charge in [-0.3, -0.25) is 0 Å². The first-order valence-corrected chi connectivity index (χ1v) is 24.1. The third-order valence-corrected chi connectivity index (χ3v) is 17.7. The molecule has 2 aliphatic heterocycles. The van der Waals surface area contributed by atoms with E-state index < -0.39 is 0 Å². The second-order valence-corrected chi connectivity index (χ2v) is 24.5. The highest BCUT2D eigenvalue weighted by molar-refractivity contribution is 7.01. The number of hydrogen-bond donors (Lipinski definition) is 0. The molecule has 0 bridgehead atoms. The van der Waals surface area contributed by atoms with Crippen LogP contribution in [-0.4, -0.2) is 6.71 Å². The number of nitrogens with zero attached hydrogens (tertiary/aromatic N) is 1. The number of benzene rings is 6. The molecule has 3 heteroatoms. The van der Waals surface area contributed by atoms with Crippen molar-refractivity contribution in [2.75, 3.05) is 4.90 Å². The molecule has 5 aliphatic rings. The number of anilines is 3. The summed E-state index contributed by atoms with van der Waals surface area (Å²) in [4.78, 5) is 2.72. The van der Waals surface area contributed by atoms with E-state index in [-0.39, 0.29) is 39.2 Å². The average molecular weight is 826 g/mol. The van der Waals surface area contributed by atoms with E-state index in [9.17, 15) is 0 Å². The summed E-state index contributed by atoms with van der Waals surface area (Å²) in [5.74, 6) is 0. The van der Waals surface area contributed by atoms with Crippen molar-refractivity contribution in [1.29, 1.82) is 0 Å². The molecule has 318 valence electrons. The van der Waals surface area contributed by atoms with E-state index in [2.05, 4.69) is 185 Å². The van der Waals surface area contributed by atoms with E-state index in [1.807, 2.05) is 0 Å². The smallest absolute Gasteiger partial charge is 0.248 e. The zero-order chi connectivity index (χ0) is 44.0. The number of fused-ring (bicyclic) bond motifs is 11. The molecule has 3 aliphatic carbocycles. The summed E-state index contributed by atoms with van der Waals surface area (Å²) >= 11 is 0. The Kier molecular flexibility index (Phi) is 7.79. The van der Waals surface area contributed by atoms with Crippen molar-refractivity contribution in [3.8, 4) is 22.3 Å². The van der Waals surface area contributed by atoms with Crippen molar-refractivity contribution in [2.45, 2.75) is 154 Å². The van der Waals surface area contributed by atoms with E-state index in [1.165, 1.54) is 127 Å². The first kappa shape index (κ1) is 39.6. The summed E-state index contributed by atoms with van der Waals surface area (Å²) in [5, 5.41) is 2.34. The van der Waals surface area contributed by atoms with Crippen LogP contribution < -0.4 is 21.3 Å². The molecule has 2 nitrogen and oxygen atoms in total. The summed E-state index contributed by atoms with van der Waals surface area (Å²) in [6.07, 6.45) is 7.19. The second-order valence-electron chi connectivity index (χ2n) is 24.5. The van der Waals surface area contributed by atoms with E-state index in [0.29, 0.717) is 0 Å². The molecular weight excluding hydrogens is 761 g/mol. The molecule has 0 radical (unpaired) electrons. The molecule has 0 atom stereocenters. The van der Waals surface area contributed by atoms with Crippen LogP contribution in [0.1, 0.15) is 155 Å². The van der Waals surface area contributed by atoms with Gasteiger partial charge in [-0.2, -0.15) is 0 Å². The molecule has 0 saturated heterocycles. The summed E-state index contributed by atoms with van der Waals surface area (Å²) in [7, 11) is 0. The van der Waals surface area contributed by atoms with Crippen molar-refractivity contribution in [3.05, 3.63) is 130 Å². The highest BCUT2D eigenvalue weighted by atomic mass is 16.3. The zero-order valence-corrected chi connectivity index (χ0v) is 39.9. The van der Waals surface area contributed by atoms with E-state index in [4.69, 9.17) is 4.42 Å². The largest absolute Gasteiger partial charge is 0.456 e. The molecule has 7 aromatic rings. The molecule has 63 heavy (non-hydrogen) atoms. The molecule has 1 aromatic heterocycles. The van der Waals surface area contributed by atoms with Gasteiger partial charge in [0.2, 0.25) is 6.71 Å². The minimum atomic E-state index is 0.0751. The minimum Gasteiger partial charge on any atom is -0.456 e. The van der Waals surface area contributed by atoms with Crippen LogP contribution in [-0.2, 0) is 32.5 Å². The number of para-hydroxylation sites is 1. The van der Waals surface area contributed by atoms with Crippen LogP contribution in [0.4, 0.5) is 17.1 Å². The fraction of sp³-hybridized carbons (Fsp3) is 0.400. The molecule has 0 unspecified atom stereocenters. The molecule has 0 spiro atoms. The maximum atomic E-state index is 6.38. The summed E-state index contributed by atoms with van der Waals surface area (Å²) < 4.78 is 6.38. The maximum absolute atomic E-state index is 6.38. The number of furan rings is 1. The first-order chi connectivity index (χ1) is 29.7. The third kappa shape index (κ3) is 5.50. The summed E-state index contributed by atoms with van der Waals surface area (Å²) in [6, 6.07) is 38.8. The van der Waals surface area contributed by atoms with E-state index >= 15 is 0 Å². The van der Waals surface area contributed by atoms with Crippen LogP contribution in [0.5, 0.6) is 0 Å². The lowest BCUT2D eigenvalue weighted by Crippen LogP contribution is -2.56. The SMILES string of the molecule is CC1(C)CCC(C)(C)c2cc(N3c4cc5c(cc4B4c6cc7c(cc6-c6cc(-c8ccc9oc%10ccccc%10c9c8)cc3c64)C(C)(C)CCC7(C)C)C(C)(C)CCC5(C)C)ccc21. The Morgan fingerprint density at radius 3 is 1.60 bits per heavy atom. The Balaban J connectivity index is 1.20. The summed E-state index contributed by atoms with van der Waals surface area (Å²) in [6.45, 7) is 29.9. The second kappa shape index (κ2) is 12.4. The van der Waals surface area contributed by atoms with Crippen LogP contribution in [0.2, 0.25) is 0 Å². The van der Waals surface area contributed by atoms with Gasteiger partial charge in [0.15, 0.2) is 0 Å². The van der Waals surface area contributed by atoms with Gasteiger partial charge in [0, 0.05) is 27.8 Å². The highest BCUT2D eigenvalue weighted by Gasteiger charge is 2.49. The van der Waals surface area contributed by atoms with Gasteiger partial charge in [-0.05, 0) is 186 Å². The molecule has 0 amide bonds. The highest BCUT2D eigenvalue weighted by Crippen LogP contribution is 2.54. The van der Waals surface area contributed by atoms with Gasteiger partial charge in [0.05, 0.1) is 0 Å². The van der Waals surface area contributed by atoms with Crippen molar-refractivity contribution in [3.63, 3.8) is 0 Å². The Morgan fingerprint density at radius 2 is 0.952 bits per heavy atom. The van der Waals surface area contributed by atoms with Crippen LogP contribution in [0, 0.1) is 0 Å². The predicted octanol–water partition coefficient (Wildman–Crippen LogP) is 14.6. The fourth-order valence-electron chi connectivity index (χ4n) is 13.2. The zero-order valence-electron chi connectivity index (χ0n) is 39.9. The Morgan fingerprint density at radius 1 is 0.413 bits per heavy atom. The number of hydrogen-bond acceptors (Lipinski definition) is 2. The van der Waals surface area contributed by atoms with Gasteiger partial charge in [0.25, 0.3) is 0 Å². The molecule has 12 rings (SSSR count). The van der Waals surface area contributed by atoms with Gasteiger partial charge < -0.3 is 9.32 Å². The minimum absolute atomic E-state index is 0.0751. The van der Waals surface area contributed by atoms with Crippen molar-refractivity contribution < 1.29 is 4.42 Å². The van der Waals surface area contributed by atoms with Crippen LogP contribution >= 0.6 is 0 Å². The fourth-order valence-corrected chi connectivity index (χ4v) is 13.2. The molecule has 0 fully saturated rings. The lowest BCUT2D eigenvalue weighted by Gasteiger charge is -2.46. The topological polar surface area (TPSA) is 16.4 Å². The molecule has 3 heterocycles. The molecule has 0 saturated carbocycles. The van der Waals surface area contributed by atoms with Crippen molar-refractivity contribution >= 4 is 62.1 Å². The van der Waals surface area contributed by atoms with Gasteiger partial charge in [0.1, 0.15) is 11.2 Å². The van der Waals surface area contributed by atoms with E-state index in [1.54, 1.807) is 11.1 Å². The Bertz CT molecular complexity index is 3150. The van der Waals surface area contributed by atoms with Gasteiger partial charge in [-0.15, -0.1) is 0 Å². The standard InChI is InChI=1S/C60H64BNO/c1-55(2)21-22-56(3,4)43-30-37(18-19-42(43)55)62-50-34-47-46(59(9,10)25-26-60(47,11)12)33-49(50)61-48-32-45-44(57(5,6)23-24-58(45,7)8)31-39(48)41-28-36(29-51(62)54(41)61)35-17-20-53-40(27-35)38-15-13-14-16-52(38)63-53/h13-20,27-34H,21-26H2,1-12H3. The lowest BCUT2D eigenvalue weighted by atomic mass is 9.36. The van der Waals surface area contributed by atoms with Gasteiger partial charge in [-0.25, -0.2) is 0 Å². The maximum Gasteiger partial charge on any atom is 0.248 e. The van der Waals surface area contributed by atoms with Crippen molar-refractivity contribution in [1.82, 2.24) is 0 Å². The molecule has 6 aromatic carbocycles. The predicted molar refractivity (Wildman–Crippen MR) is 270 cm³/mol. The Hall–Kier alpha value is -5.02. The Labute approximate surface area is 376 Å². The monoisotopic (exact) mass is 826 g/mol. The van der Waals surface area contributed by atoms with Crippen LogP contribution in [0.25, 0.3) is 44.2 Å². The van der Waals surface area contributed by atoms with Crippen LogP contribution in [0.3, 0.4) is 0 Å². The third-order valence-electron chi connectivity index (χ3n) is 17.7. The summed E-state index contributed by atoms with van der Waals surface area (Å²) in [5.41, 5.74) is 25.4. The molecule has 0 N–H and O–H groups in total. The molecular formula is C60H64BNO. The normalized spacial score (nSPS) is 21.0. The number of rotatable bonds is 2. The average Bonchev–Trinajstić information content (AvgIpc) is 3.78.